The first kappa shape index (κ1) is 18.0. The molecular formula is C21H23NO4. The van der Waals surface area contributed by atoms with Crippen LogP contribution in [0.4, 0.5) is 0 Å². The topological polar surface area (TPSA) is 75.6 Å². The van der Waals surface area contributed by atoms with Crippen LogP contribution in [0, 0.1) is 12.8 Å². The van der Waals surface area contributed by atoms with Crippen LogP contribution in [0.1, 0.15) is 24.0 Å². The summed E-state index contributed by atoms with van der Waals surface area (Å²) >= 11 is 0. The number of rotatable bonds is 8. The number of benzene rings is 2. The monoisotopic (exact) mass is 353 g/mol. The number of carboxylic acids is 1. The van der Waals surface area contributed by atoms with Gasteiger partial charge in [-0.15, -0.1) is 0 Å². The highest BCUT2D eigenvalue weighted by molar-refractivity contribution is 5.89. The molecule has 0 heterocycles. The molecule has 3 rings (SSSR count). The molecule has 136 valence electrons. The van der Waals surface area contributed by atoms with E-state index in [1.165, 1.54) is 0 Å². The van der Waals surface area contributed by atoms with Crippen molar-refractivity contribution < 1.29 is 19.4 Å². The Bertz CT molecular complexity index is 784. The zero-order valence-electron chi connectivity index (χ0n) is 14.8. The van der Waals surface area contributed by atoms with Crippen LogP contribution >= 0.6 is 0 Å². The Morgan fingerprint density at radius 1 is 1.15 bits per heavy atom. The molecule has 0 spiro atoms. The summed E-state index contributed by atoms with van der Waals surface area (Å²) in [5.41, 5.74) is 1.19. The van der Waals surface area contributed by atoms with Gasteiger partial charge in [-0.3, -0.25) is 9.59 Å². The number of nitrogens with one attached hydrogen (secondary N) is 1. The fourth-order valence-corrected chi connectivity index (χ4v) is 2.95. The maximum atomic E-state index is 12.5. The van der Waals surface area contributed by atoms with Crippen molar-refractivity contribution in [1.82, 2.24) is 5.32 Å². The zero-order chi connectivity index (χ0) is 18.6. The Kier molecular flexibility index (Phi) is 5.26. The van der Waals surface area contributed by atoms with Crippen molar-refractivity contribution >= 4 is 11.9 Å². The highest BCUT2D eigenvalue weighted by Gasteiger charge is 2.53. The van der Waals surface area contributed by atoms with E-state index in [9.17, 15) is 14.7 Å². The fourth-order valence-electron chi connectivity index (χ4n) is 2.95. The van der Waals surface area contributed by atoms with Gasteiger partial charge in [-0.25, -0.2) is 0 Å². The third-order valence-electron chi connectivity index (χ3n) is 4.60. The van der Waals surface area contributed by atoms with Crippen molar-refractivity contribution in [2.75, 3.05) is 6.54 Å². The molecule has 2 N–H and O–H groups in total. The number of aliphatic carboxylic acids is 1. The number of hydrogen-bond donors (Lipinski definition) is 2. The Morgan fingerprint density at radius 3 is 2.50 bits per heavy atom. The molecule has 5 nitrogen and oxygen atoms in total. The lowest BCUT2D eigenvalue weighted by molar-refractivity contribution is -0.142. The molecule has 0 saturated heterocycles. The Balaban J connectivity index is 1.58. The number of para-hydroxylation sites is 1. The Morgan fingerprint density at radius 2 is 1.88 bits per heavy atom. The molecule has 1 amide bonds. The van der Waals surface area contributed by atoms with Gasteiger partial charge in [-0.2, -0.15) is 0 Å². The van der Waals surface area contributed by atoms with Crippen molar-refractivity contribution in [3.63, 3.8) is 0 Å². The number of carboxylic acid groups (broad SMARTS) is 1. The summed E-state index contributed by atoms with van der Waals surface area (Å²) in [5.74, 6) is -1.18. The van der Waals surface area contributed by atoms with Crippen LogP contribution in [0.15, 0.2) is 54.6 Å². The van der Waals surface area contributed by atoms with Gasteiger partial charge >= 0.3 is 5.97 Å². The number of hydrogen-bond acceptors (Lipinski definition) is 3. The van der Waals surface area contributed by atoms with E-state index in [1.54, 1.807) is 0 Å². The summed E-state index contributed by atoms with van der Waals surface area (Å²) in [6.45, 7) is 2.06. The summed E-state index contributed by atoms with van der Waals surface area (Å²) in [6, 6.07) is 17.0. The smallest absolute Gasteiger partial charge is 0.308 e. The van der Waals surface area contributed by atoms with Gasteiger partial charge in [-0.1, -0.05) is 48.0 Å². The molecular weight excluding hydrogens is 330 g/mol. The van der Waals surface area contributed by atoms with E-state index in [1.807, 2.05) is 61.5 Å². The quantitative estimate of drug-likeness (QED) is 0.765. The van der Waals surface area contributed by atoms with Crippen LogP contribution in [0.2, 0.25) is 0 Å². The summed E-state index contributed by atoms with van der Waals surface area (Å²) < 4.78 is 5.84. The first-order chi connectivity index (χ1) is 12.5. The molecule has 5 heteroatoms. The normalized spacial score (nSPS) is 15.7. The van der Waals surface area contributed by atoms with E-state index in [0.29, 0.717) is 25.0 Å². The summed E-state index contributed by atoms with van der Waals surface area (Å²) in [4.78, 5) is 24.1. The van der Waals surface area contributed by atoms with E-state index in [0.717, 1.165) is 11.1 Å². The maximum Gasteiger partial charge on any atom is 0.308 e. The SMILES string of the molecule is Cc1cccc(CC(CNC(=O)C2(Oc3ccccc3)CC2)C(=O)O)c1. The number of carbonyl (C=O) groups is 2. The minimum absolute atomic E-state index is 0.0853. The standard InChI is InChI=1S/C21H23NO4/c1-15-6-5-7-16(12-15)13-17(19(23)24)14-22-20(25)21(10-11-21)26-18-8-3-2-4-9-18/h2-9,12,17H,10-11,13-14H2,1H3,(H,22,25)(H,23,24). The molecule has 0 aliphatic heterocycles. The van der Waals surface area contributed by atoms with Gasteiger partial charge in [-0.05, 0) is 31.0 Å². The summed E-state index contributed by atoms with van der Waals surface area (Å²) in [7, 11) is 0. The van der Waals surface area contributed by atoms with Gasteiger partial charge in [0.1, 0.15) is 5.75 Å². The Hall–Kier alpha value is -2.82. The molecule has 1 saturated carbocycles. The van der Waals surface area contributed by atoms with E-state index in [-0.39, 0.29) is 12.5 Å². The van der Waals surface area contributed by atoms with Gasteiger partial charge in [0.2, 0.25) is 0 Å². The second kappa shape index (κ2) is 7.60. The van der Waals surface area contributed by atoms with Gasteiger partial charge in [0.05, 0.1) is 5.92 Å². The van der Waals surface area contributed by atoms with Crippen LogP contribution in [-0.4, -0.2) is 29.1 Å². The second-order valence-corrected chi connectivity index (χ2v) is 6.85. The lowest BCUT2D eigenvalue weighted by atomic mass is 9.98. The van der Waals surface area contributed by atoms with E-state index >= 15 is 0 Å². The number of carbonyl (C=O) groups excluding carboxylic acids is 1. The maximum absolute atomic E-state index is 12.5. The highest BCUT2D eigenvalue weighted by atomic mass is 16.5. The highest BCUT2D eigenvalue weighted by Crippen LogP contribution is 2.40. The first-order valence-electron chi connectivity index (χ1n) is 8.79. The average Bonchev–Trinajstić information content (AvgIpc) is 3.40. The number of amides is 1. The molecule has 26 heavy (non-hydrogen) atoms. The summed E-state index contributed by atoms with van der Waals surface area (Å²) in [6.07, 6.45) is 1.66. The van der Waals surface area contributed by atoms with Crippen LogP contribution in [0.3, 0.4) is 0 Å². The molecule has 0 radical (unpaired) electrons. The molecule has 2 aromatic carbocycles. The fraction of sp³-hybridized carbons (Fsp3) is 0.333. The lowest BCUT2D eigenvalue weighted by Gasteiger charge is -2.20. The summed E-state index contributed by atoms with van der Waals surface area (Å²) in [5, 5.41) is 12.3. The van der Waals surface area contributed by atoms with Crippen molar-refractivity contribution in [3.8, 4) is 5.75 Å². The second-order valence-electron chi connectivity index (χ2n) is 6.85. The molecule has 0 bridgehead atoms. The number of aryl methyl sites for hydroxylation is 1. The molecule has 1 aliphatic rings. The molecule has 1 fully saturated rings. The van der Waals surface area contributed by atoms with Gasteiger partial charge in [0.15, 0.2) is 5.60 Å². The van der Waals surface area contributed by atoms with Crippen LogP contribution < -0.4 is 10.1 Å². The predicted octanol–water partition coefficient (Wildman–Crippen LogP) is 2.97. The third kappa shape index (κ3) is 4.42. The minimum Gasteiger partial charge on any atom is -0.481 e. The molecule has 0 aromatic heterocycles. The van der Waals surface area contributed by atoms with Crippen molar-refractivity contribution in [1.29, 1.82) is 0 Å². The first-order valence-corrected chi connectivity index (χ1v) is 8.79. The molecule has 1 atom stereocenters. The Labute approximate surface area is 153 Å². The van der Waals surface area contributed by atoms with Crippen molar-refractivity contribution in [2.45, 2.75) is 31.8 Å². The third-order valence-corrected chi connectivity index (χ3v) is 4.60. The lowest BCUT2D eigenvalue weighted by Crippen LogP contribution is -2.43. The average molecular weight is 353 g/mol. The van der Waals surface area contributed by atoms with Crippen LogP contribution in [0.25, 0.3) is 0 Å². The van der Waals surface area contributed by atoms with Crippen LogP contribution in [0.5, 0.6) is 5.75 Å². The van der Waals surface area contributed by atoms with Gasteiger partial charge < -0.3 is 15.2 Å². The predicted molar refractivity (Wildman–Crippen MR) is 98.1 cm³/mol. The van der Waals surface area contributed by atoms with E-state index < -0.39 is 17.5 Å². The molecule has 2 aromatic rings. The zero-order valence-corrected chi connectivity index (χ0v) is 14.8. The van der Waals surface area contributed by atoms with Gasteiger partial charge in [0, 0.05) is 19.4 Å². The molecule has 1 aliphatic carbocycles. The van der Waals surface area contributed by atoms with E-state index in [2.05, 4.69) is 5.32 Å². The van der Waals surface area contributed by atoms with Gasteiger partial charge in [0.25, 0.3) is 5.91 Å². The molecule has 1 unspecified atom stereocenters. The van der Waals surface area contributed by atoms with Crippen molar-refractivity contribution in [3.05, 3.63) is 65.7 Å². The largest absolute Gasteiger partial charge is 0.481 e. The van der Waals surface area contributed by atoms with E-state index in [4.69, 9.17) is 4.74 Å². The number of ether oxygens (including phenoxy) is 1. The minimum atomic E-state index is -0.916. The van der Waals surface area contributed by atoms with Crippen LogP contribution in [-0.2, 0) is 16.0 Å². The van der Waals surface area contributed by atoms with Crippen molar-refractivity contribution in [2.24, 2.45) is 5.92 Å².